The van der Waals surface area contributed by atoms with E-state index in [4.69, 9.17) is 5.73 Å². The van der Waals surface area contributed by atoms with Crippen molar-refractivity contribution < 1.29 is 0 Å². The lowest BCUT2D eigenvalue weighted by Gasteiger charge is -2.03. The first-order chi connectivity index (χ1) is 6.74. The van der Waals surface area contributed by atoms with E-state index in [1.165, 1.54) is 16.9 Å². The number of nitrogens with zero attached hydrogens (tertiary/aromatic N) is 2. The van der Waals surface area contributed by atoms with Gasteiger partial charge < -0.3 is 5.73 Å². The molecule has 0 aromatic carbocycles. The summed E-state index contributed by atoms with van der Waals surface area (Å²) in [4.78, 5) is 11.3. The zero-order valence-electron chi connectivity index (χ0n) is 8.27. The highest BCUT2D eigenvalue weighted by molar-refractivity contribution is 7.99. The molecule has 0 saturated heterocycles. The third-order valence-corrected chi connectivity index (χ3v) is 2.74. The van der Waals surface area contributed by atoms with Gasteiger partial charge in [0, 0.05) is 12.6 Å². The molecular weight excluding hydrogens is 198 g/mol. The minimum absolute atomic E-state index is 0.119. The Morgan fingerprint density at radius 2 is 2.43 bits per heavy atom. The molecule has 1 rings (SSSR count). The fraction of sp³-hybridized carbons (Fsp3) is 0.556. The molecule has 0 spiro atoms. The Bertz CT molecular complexity index is 337. The normalized spacial score (nSPS) is 10.4. The molecule has 0 atom stereocenters. The SMILES string of the molecule is CCSCCCn1ncc(N)cc1=O. The standard InChI is InChI=1S/C9H15N3OS/c1-2-14-5-3-4-12-9(13)6-8(10)7-11-12/h6-7H,2-5,10H2,1H3. The number of anilines is 1. The van der Waals surface area contributed by atoms with Gasteiger partial charge in [0.1, 0.15) is 0 Å². The van der Waals surface area contributed by atoms with E-state index in [2.05, 4.69) is 12.0 Å². The molecule has 4 nitrogen and oxygen atoms in total. The van der Waals surface area contributed by atoms with Crippen LogP contribution in [0.25, 0.3) is 0 Å². The maximum absolute atomic E-state index is 11.3. The largest absolute Gasteiger partial charge is 0.397 e. The van der Waals surface area contributed by atoms with Crippen molar-refractivity contribution >= 4 is 17.4 Å². The molecule has 1 aromatic heterocycles. The van der Waals surface area contributed by atoms with Crippen LogP contribution < -0.4 is 11.3 Å². The Morgan fingerprint density at radius 3 is 3.07 bits per heavy atom. The maximum Gasteiger partial charge on any atom is 0.268 e. The Hall–Kier alpha value is -0.970. The summed E-state index contributed by atoms with van der Waals surface area (Å²) in [6.07, 6.45) is 2.48. The number of rotatable bonds is 5. The number of thioether (sulfide) groups is 1. The molecule has 0 amide bonds. The second kappa shape index (κ2) is 5.70. The first-order valence-corrected chi connectivity index (χ1v) is 5.80. The van der Waals surface area contributed by atoms with Gasteiger partial charge in [-0.3, -0.25) is 4.79 Å². The molecule has 5 heteroatoms. The molecule has 1 heterocycles. The predicted octanol–water partition coefficient (Wildman–Crippen LogP) is 0.969. The van der Waals surface area contributed by atoms with Crippen molar-refractivity contribution in [3.05, 3.63) is 22.6 Å². The number of nitrogens with two attached hydrogens (primary N) is 1. The van der Waals surface area contributed by atoms with E-state index < -0.39 is 0 Å². The minimum atomic E-state index is -0.119. The Kier molecular flexibility index (Phi) is 4.52. The highest BCUT2D eigenvalue weighted by Gasteiger charge is 1.97. The average Bonchev–Trinajstić information content (AvgIpc) is 2.15. The molecule has 0 saturated carbocycles. The summed E-state index contributed by atoms with van der Waals surface area (Å²) in [5.41, 5.74) is 5.73. The molecule has 0 unspecified atom stereocenters. The number of aromatic nitrogens is 2. The molecular formula is C9H15N3OS. The summed E-state index contributed by atoms with van der Waals surface area (Å²) in [5, 5.41) is 3.95. The highest BCUT2D eigenvalue weighted by atomic mass is 32.2. The molecule has 0 bridgehead atoms. The molecule has 1 aromatic rings. The molecule has 14 heavy (non-hydrogen) atoms. The second-order valence-electron chi connectivity index (χ2n) is 2.90. The van der Waals surface area contributed by atoms with Crippen LogP contribution in [0.3, 0.4) is 0 Å². The van der Waals surface area contributed by atoms with Crippen LogP contribution in [0, 0.1) is 0 Å². The van der Waals surface area contributed by atoms with Crippen LogP contribution in [0.15, 0.2) is 17.1 Å². The monoisotopic (exact) mass is 213 g/mol. The van der Waals surface area contributed by atoms with Crippen molar-refractivity contribution in [2.24, 2.45) is 0 Å². The summed E-state index contributed by atoms with van der Waals surface area (Å²) < 4.78 is 1.45. The van der Waals surface area contributed by atoms with E-state index in [0.29, 0.717) is 12.2 Å². The molecule has 2 N–H and O–H groups in total. The van der Waals surface area contributed by atoms with Gasteiger partial charge in [0.25, 0.3) is 5.56 Å². The van der Waals surface area contributed by atoms with Crippen LogP contribution in [-0.2, 0) is 6.54 Å². The molecule has 0 aliphatic carbocycles. The van der Waals surface area contributed by atoms with Crippen LogP contribution in [-0.4, -0.2) is 21.3 Å². The minimum Gasteiger partial charge on any atom is -0.397 e. The maximum atomic E-state index is 11.3. The van der Waals surface area contributed by atoms with Crippen LogP contribution in [0.5, 0.6) is 0 Å². The molecule has 0 aliphatic heterocycles. The fourth-order valence-electron chi connectivity index (χ4n) is 1.08. The quantitative estimate of drug-likeness (QED) is 0.740. The van der Waals surface area contributed by atoms with Crippen LogP contribution in [0.2, 0.25) is 0 Å². The Labute approximate surface area is 87.5 Å². The number of aryl methyl sites for hydroxylation is 1. The zero-order valence-corrected chi connectivity index (χ0v) is 9.09. The Morgan fingerprint density at radius 1 is 1.64 bits per heavy atom. The summed E-state index contributed by atoms with van der Waals surface area (Å²) in [6, 6.07) is 1.40. The van der Waals surface area contributed by atoms with Crippen LogP contribution in [0.4, 0.5) is 5.69 Å². The van der Waals surface area contributed by atoms with Gasteiger partial charge >= 0.3 is 0 Å². The first kappa shape index (κ1) is 11.1. The lowest BCUT2D eigenvalue weighted by molar-refractivity contribution is 0.571. The lowest BCUT2D eigenvalue weighted by Crippen LogP contribution is -2.22. The number of nitrogen functional groups attached to an aromatic ring is 1. The van der Waals surface area contributed by atoms with Gasteiger partial charge in [-0.2, -0.15) is 16.9 Å². The van der Waals surface area contributed by atoms with Crippen molar-refractivity contribution in [3.8, 4) is 0 Å². The summed E-state index contributed by atoms with van der Waals surface area (Å²) in [5.74, 6) is 2.18. The number of hydrogen-bond donors (Lipinski definition) is 1. The zero-order chi connectivity index (χ0) is 10.4. The van der Waals surface area contributed by atoms with Gasteiger partial charge in [0.2, 0.25) is 0 Å². The average molecular weight is 213 g/mol. The van der Waals surface area contributed by atoms with Crippen LogP contribution >= 0.6 is 11.8 Å². The van der Waals surface area contributed by atoms with Gasteiger partial charge in [-0.05, 0) is 17.9 Å². The summed E-state index contributed by atoms with van der Waals surface area (Å²) >= 11 is 1.87. The smallest absolute Gasteiger partial charge is 0.268 e. The summed E-state index contributed by atoms with van der Waals surface area (Å²) in [6.45, 7) is 2.80. The predicted molar refractivity (Wildman–Crippen MR) is 60.5 cm³/mol. The third-order valence-electron chi connectivity index (χ3n) is 1.75. The van der Waals surface area contributed by atoms with E-state index in [0.717, 1.165) is 17.9 Å². The van der Waals surface area contributed by atoms with Gasteiger partial charge in [-0.25, -0.2) is 4.68 Å². The molecule has 0 radical (unpaired) electrons. The second-order valence-corrected chi connectivity index (χ2v) is 4.29. The fourth-order valence-corrected chi connectivity index (χ4v) is 1.70. The molecule has 0 aliphatic rings. The van der Waals surface area contributed by atoms with E-state index in [9.17, 15) is 4.79 Å². The molecule has 78 valence electrons. The van der Waals surface area contributed by atoms with Gasteiger partial charge in [-0.1, -0.05) is 6.92 Å². The Balaban J connectivity index is 2.47. The van der Waals surface area contributed by atoms with Crippen molar-refractivity contribution in [3.63, 3.8) is 0 Å². The van der Waals surface area contributed by atoms with Crippen molar-refractivity contribution in [1.82, 2.24) is 9.78 Å². The lowest BCUT2D eigenvalue weighted by atomic mass is 10.4. The third kappa shape index (κ3) is 3.41. The van der Waals surface area contributed by atoms with Crippen molar-refractivity contribution in [2.75, 3.05) is 17.2 Å². The van der Waals surface area contributed by atoms with E-state index in [-0.39, 0.29) is 5.56 Å². The van der Waals surface area contributed by atoms with E-state index in [1.54, 1.807) is 0 Å². The van der Waals surface area contributed by atoms with Gasteiger partial charge in [0.05, 0.1) is 11.9 Å². The van der Waals surface area contributed by atoms with Gasteiger partial charge in [0.15, 0.2) is 0 Å². The van der Waals surface area contributed by atoms with E-state index in [1.807, 2.05) is 11.8 Å². The van der Waals surface area contributed by atoms with Crippen molar-refractivity contribution in [2.45, 2.75) is 19.9 Å². The highest BCUT2D eigenvalue weighted by Crippen LogP contribution is 2.01. The van der Waals surface area contributed by atoms with Crippen LogP contribution in [0.1, 0.15) is 13.3 Å². The van der Waals surface area contributed by atoms with E-state index >= 15 is 0 Å². The first-order valence-electron chi connectivity index (χ1n) is 4.64. The molecule has 0 fully saturated rings. The van der Waals surface area contributed by atoms with Crippen molar-refractivity contribution in [1.29, 1.82) is 0 Å². The van der Waals surface area contributed by atoms with Gasteiger partial charge in [-0.15, -0.1) is 0 Å². The number of hydrogen-bond acceptors (Lipinski definition) is 4. The summed E-state index contributed by atoms with van der Waals surface area (Å²) in [7, 11) is 0. The topological polar surface area (TPSA) is 60.9 Å².